The third kappa shape index (κ3) is 5.46. The van der Waals surface area contributed by atoms with Crippen molar-refractivity contribution in [2.45, 2.75) is 70.8 Å². The van der Waals surface area contributed by atoms with Gasteiger partial charge in [-0.05, 0) is 88.8 Å². The molecule has 3 rings (SSSR count). The summed E-state index contributed by atoms with van der Waals surface area (Å²) < 4.78 is 0. The van der Waals surface area contributed by atoms with Gasteiger partial charge in [-0.1, -0.05) is 29.3 Å². The van der Waals surface area contributed by atoms with E-state index in [1.54, 1.807) is 18.3 Å². The van der Waals surface area contributed by atoms with Crippen LogP contribution in [-0.4, -0.2) is 22.4 Å². The molecule has 1 saturated carbocycles. The molecule has 0 radical (unpaired) electrons. The van der Waals surface area contributed by atoms with Gasteiger partial charge in [0.05, 0.1) is 11.0 Å². The molecule has 0 unspecified atom stereocenters. The van der Waals surface area contributed by atoms with Gasteiger partial charge in [-0.15, -0.1) is 22.9 Å². The lowest BCUT2D eigenvalue weighted by atomic mass is 9.85. The van der Waals surface area contributed by atoms with Gasteiger partial charge in [0.25, 0.3) is 0 Å². The van der Waals surface area contributed by atoms with E-state index in [-0.39, 0.29) is 23.2 Å². The van der Waals surface area contributed by atoms with Crippen LogP contribution in [0.1, 0.15) is 63.8 Å². The Bertz CT molecular complexity index is 792. The lowest BCUT2D eigenvalue weighted by molar-refractivity contribution is 0.102. The summed E-state index contributed by atoms with van der Waals surface area (Å²) in [6.45, 7) is 5.90. The molecule has 1 heterocycles. The van der Waals surface area contributed by atoms with E-state index in [2.05, 4.69) is 38.1 Å². The predicted molar refractivity (Wildman–Crippen MR) is 119 cm³/mol. The molecule has 0 aliphatic heterocycles. The van der Waals surface area contributed by atoms with Crippen LogP contribution in [0.3, 0.4) is 0 Å². The van der Waals surface area contributed by atoms with Crippen LogP contribution in [0.2, 0.25) is 0 Å². The molecule has 0 bridgehead atoms. The van der Waals surface area contributed by atoms with Gasteiger partial charge >= 0.3 is 0 Å². The number of benzene rings is 1. The molecule has 28 heavy (non-hydrogen) atoms. The molecule has 4 atom stereocenters. The van der Waals surface area contributed by atoms with Gasteiger partial charge in [-0.3, -0.25) is 4.79 Å². The van der Waals surface area contributed by atoms with E-state index in [9.17, 15) is 9.90 Å². The Hall–Kier alpha value is -1.16. The molecule has 0 saturated heterocycles. The van der Waals surface area contributed by atoms with Crippen molar-refractivity contribution >= 4 is 28.7 Å². The van der Waals surface area contributed by atoms with E-state index in [1.807, 2.05) is 6.07 Å². The number of thiophene rings is 1. The summed E-state index contributed by atoms with van der Waals surface area (Å²) in [5, 5.41) is 10.6. The molecule has 2 aromatic rings. The van der Waals surface area contributed by atoms with Crippen LogP contribution in [0, 0.1) is 25.7 Å². The fourth-order valence-electron chi connectivity index (χ4n) is 4.70. The number of hydrogen-bond acceptors (Lipinski definition) is 3. The Balaban J connectivity index is 1.56. The number of hydrogen-bond donors (Lipinski definition) is 1. The average Bonchev–Trinajstić information content (AvgIpc) is 3.18. The van der Waals surface area contributed by atoms with Gasteiger partial charge in [-0.2, -0.15) is 0 Å². The van der Waals surface area contributed by atoms with Crippen molar-refractivity contribution in [2.75, 3.05) is 0 Å². The highest BCUT2D eigenvalue weighted by Gasteiger charge is 2.40. The molecular weight excluding hydrogens is 388 g/mol. The Morgan fingerprint density at radius 2 is 1.82 bits per heavy atom. The quantitative estimate of drug-likeness (QED) is 0.413. The second-order valence-corrected chi connectivity index (χ2v) is 10.1. The number of aliphatic hydroxyl groups is 1. The molecule has 1 fully saturated rings. The number of aliphatic hydroxyl groups excluding tert-OH is 1. The molecule has 1 N–H and O–H groups in total. The first kappa shape index (κ1) is 21.5. The van der Waals surface area contributed by atoms with E-state index >= 15 is 0 Å². The van der Waals surface area contributed by atoms with Crippen LogP contribution in [0.25, 0.3) is 0 Å². The normalized spacial score (nSPS) is 24.6. The third-order valence-corrected chi connectivity index (χ3v) is 7.74. The zero-order valence-corrected chi connectivity index (χ0v) is 18.7. The van der Waals surface area contributed by atoms with Crippen LogP contribution in [0.4, 0.5) is 0 Å². The van der Waals surface area contributed by atoms with Gasteiger partial charge < -0.3 is 5.11 Å². The maximum absolute atomic E-state index is 11.5. The molecule has 0 amide bonds. The van der Waals surface area contributed by atoms with Gasteiger partial charge in [0.1, 0.15) is 0 Å². The molecule has 4 heteroatoms. The smallest absolute Gasteiger partial charge is 0.169 e. The molecule has 0 spiro atoms. The zero-order valence-electron chi connectivity index (χ0n) is 17.1. The van der Waals surface area contributed by atoms with Gasteiger partial charge in [0.15, 0.2) is 5.78 Å². The van der Waals surface area contributed by atoms with Crippen molar-refractivity contribution in [3.8, 4) is 0 Å². The Morgan fingerprint density at radius 1 is 1.11 bits per heavy atom. The maximum atomic E-state index is 11.5. The third-order valence-electron chi connectivity index (χ3n) is 5.99. The van der Waals surface area contributed by atoms with Crippen molar-refractivity contribution in [1.82, 2.24) is 0 Å². The van der Waals surface area contributed by atoms with Crippen LogP contribution in [-0.2, 0) is 12.8 Å². The number of ketones is 1. The predicted octanol–water partition coefficient (Wildman–Crippen LogP) is 6.13. The van der Waals surface area contributed by atoms with E-state index in [4.69, 9.17) is 11.6 Å². The second-order valence-electron chi connectivity index (χ2n) is 8.40. The van der Waals surface area contributed by atoms with Crippen LogP contribution >= 0.6 is 22.9 Å². The Labute approximate surface area is 177 Å². The van der Waals surface area contributed by atoms with Crippen LogP contribution in [0.15, 0.2) is 30.3 Å². The first-order chi connectivity index (χ1) is 13.3. The monoisotopic (exact) mass is 418 g/mol. The molecular formula is C24H31ClO2S. The standard InChI is InChI=1S/C24H31ClO2S/c1-15-11-16(2)13-18(12-15)7-9-21-20(22(25)14-23(21)27)6-4-5-19-8-10-24(28-19)17(3)26/h8,10-13,20-23,27H,4-7,9,14H2,1-3H3/t20-,21-,22-,23-/m1/s1. The van der Waals surface area contributed by atoms with Crippen molar-refractivity contribution in [3.05, 3.63) is 56.8 Å². The fourth-order valence-corrected chi connectivity index (χ4v) is 6.14. The summed E-state index contributed by atoms with van der Waals surface area (Å²) in [5.74, 6) is 0.789. The second kappa shape index (κ2) is 9.56. The number of alkyl halides is 1. The van der Waals surface area contributed by atoms with Crippen molar-refractivity contribution < 1.29 is 9.90 Å². The summed E-state index contributed by atoms with van der Waals surface area (Å²) in [6, 6.07) is 10.7. The number of Topliss-reactive ketones (excluding diaryl/α,β-unsaturated/α-hetero) is 1. The van der Waals surface area contributed by atoms with Crippen LogP contribution < -0.4 is 0 Å². The molecule has 152 valence electrons. The summed E-state index contributed by atoms with van der Waals surface area (Å²) in [5.41, 5.74) is 3.96. The zero-order chi connectivity index (χ0) is 20.3. The van der Waals surface area contributed by atoms with Gasteiger partial charge in [-0.25, -0.2) is 0 Å². The number of carbonyl (C=O) groups is 1. The van der Waals surface area contributed by atoms with Crippen molar-refractivity contribution in [1.29, 1.82) is 0 Å². The number of aryl methyl sites for hydroxylation is 4. The summed E-state index contributed by atoms with van der Waals surface area (Å²) >= 11 is 8.23. The SMILES string of the molecule is CC(=O)c1ccc(CCC[C@@H]2[C@@H](CCc3cc(C)cc(C)c3)[C@H](O)C[C@H]2Cl)s1. The minimum atomic E-state index is -0.288. The summed E-state index contributed by atoms with van der Waals surface area (Å²) in [4.78, 5) is 13.6. The Morgan fingerprint density at radius 3 is 2.46 bits per heavy atom. The Kier molecular flexibility index (Phi) is 7.36. The lowest BCUT2D eigenvalue weighted by Crippen LogP contribution is -2.21. The summed E-state index contributed by atoms with van der Waals surface area (Å²) in [7, 11) is 0. The molecule has 1 aromatic carbocycles. The molecule has 2 nitrogen and oxygen atoms in total. The highest BCUT2D eigenvalue weighted by molar-refractivity contribution is 7.14. The highest BCUT2D eigenvalue weighted by Crippen LogP contribution is 2.41. The molecule has 1 aliphatic carbocycles. The number of carbonyl (C=O) groups excluding carboxylic acids is 1. The number of rotatable bonds is 8. The molecule has 1 aliphatic rings. The van der Waals surface area contributed by atoms with Crippen LogP contribution in [0.5, 0.6) is 0 Å². The maximum Gasteiger partial charge on any atom is 0.169 e. The van der Waals surface area contributed by atoms with E-state index in [1.165, 1.54) is 21.6 Å². The summed E-state index contributed by atoms with van der Waals surface area (Å²) in [6.07, 6.45) is 5.48. The van der Waals surface area contributed by atoms with E-state index in [0.29, 0.717) is 12.3 Å². The minimum Gasteiger partial charge on any atom is -0.393 e. The van der Waals surface area contributed by atoms with Gasteiger partial charge in [0, 0.05) is 10.3 Å². The first-order valence-electron chi connectivity index (χ1n) is 10.3. The highest BCUT2D eigenvalue weighted by atomic mass is 35.5. The average molecular weight is 419 g/mol. The van der Waals surface area contributed by atoms with Gasteiger partial charge in [0.2, 0.25) is 0 Å². The first-order valence-corrected chi connectivity index (χ1v) is 11.6. The number of halogens is 1. The van der Waals surface area contributed by atoms with E-state index in [0.717, 1.165) is 37.0 Å². The van der Waals surface area contributed by atoms with Crippen molar-refractivity contribution in [3.63, 3.8) is 0 Å². The van der Waals surface area contributed by atoms with E-state index < -0.39 is 0 Å². The lowest BCUT2D eigenvalue weighted by Gasteiger charge is -2.23. The topological polar surface area (TPSA) is 37.3 Å². The van der Waals surface area contributed by atoms with Crippen molar-refractivity contribution in [2.24, 2.45) is 11.8 Å². The fraction of sp³-hybridized carbons (Fsp3) is 0.542. The molecule has 1 aromatic heterocycles. The largest absolute Gasteiger partial charge is 0.393 e. The minimum absolute atomic E-state index is 0.0651.